The molecule has 0 bridgehead atoms. The zero-order valence-electron chi connectivity index (χ0n) is 27.9. The Labute approximate surface area is 276 Å². The fourth-order valence-corrected chi connectivity index (χ4v) is 7.73. The average Bonchev–Trinajstić information content (AvgIpc) is 3.52. The minimum absolute atomic E-state index is 0.0342. The van der Waals surface area contributed by atoms with Crippen LogP contribution in [0.25, 0.3) is 0 Å². The quantitative estimate of drug-likeness (QED) is 0.123. The first-order valence-electron chi connectivity index (χ1n) is 17.2. The Morgan fingerprint density at radius 3 is 2.15 bits per heavy atom. The highest BCUT2D eigenvalue weighted by atomic mass is 32.2. The minimum Gasteiger partial charge on any atom is -0.368 e. The van der Waals surface area contributed by atoms with Crippen LogP contribution in [0.3, 0.4) is 0 Å². The van der Waals surface area contributed by atoms with Gasteiger partial charge in [-0.2, -0.15) is 4.31 Å². The molecule has 1 aromatic carbocycles. The first-order chi connectivity index (χ1) is 22.0. The number of nitrogens with zero attached hydrogens (tertiary/aromatic N) is 3. The van der Waals surface area contributed by atoms with E-state index in [1.165, 1.54) is 47.7 Å². The number of carbonyl (C=O) groups is 3. The second kappa shape index (κ2) is 19.0. The van der Waals surface area contributed by atoms with Crippen LogP contribution in [0.4, 0.5) is 0 Å². The molecule has 2 aliphatic heterocycles. The van der Waals surface area contributed by atoms with Crippen LogP contribution in [0, 0.1) is 11.3 Å². The second-order valence-electron chi connectivity index (χ2n) is 13.0. The van der Waals surface area contributed by atoms with Gasteiger partial charge in [0.05, 0.1) is 6.26 Å². The second-order valence-corrected chi connectivity index (χ2v) is 15.0. The van der Waals surface area contributed by atoms with Gasteiger partial charge in [0.25, 0.3) is 0 Å². The molecule has 2 aliphatic rings. The van der Waals surface area contributed by atoms with Gasteiger partial charge in [0.2, 0.25) is 27.7 Å². The number of piperidine rings is 1. The number of carbonyl (C=O) groups excluding carboxylic acids is 3. The van der Waals surface area contributed by atoms with E-state index in [0.717, 1.165) is 31.1 Å². The molecule has 0 aromatic heterocycles. The van der Waals surface area contributed by atoms with Crippen molar-refractivity contribution < 1.29 is 22.8 Å². The molecule has 2 heterocycles. The van der Waals surface area contributed by atoms with Gasteiger partial charge in [0.1, 0.15) is 12.1 Å². The van der Waals surface area contributed by atoms with E-state index in [9.17, 15) is 22.8 Å². The van der Waals surface area contributed by atoms with Gasteiger partial charge < -0.3 is 15.5 Å². The molecule has 0 saturated carbocycles. The number of primary amides is 1. The summed E-state index contributed by atoms with van der Waals surface area (Å²) >= 11 is 0. The van der Waals surface area contributed by atoms with E-state index < -0.39 is 33.9 Å². The molecule has 2 saturated heterocycles. The molecule has 2 atom stereocenters. The van der Waals surface area contributed by atoms with Crippen molar-refractivity contribution in [2.24, 2.45) is 11.7 Å². The van der Waals surface area contributed by atoms with Crippen LogP contribution in [-0.2, 0) is 30.8 Å². The first-order valence-corrected chi connectivity index (χ1v) is 19.1. The fourth-order valence-electron chi connectivity index (χ4n) is 6.62. The number of nitrogens with two attached hydrogens (primary N) is 1. The number of hydrogen-bond acceptors (Lipinski definition) is 6. The van der Waals surface area contributed by atoms with Crippen molar-refractivity contribution in [3.05, 3.63) is 35.9 Å². The molecule has 3 rings (SSSR count). The topological polar surface area (TPSA) is 157 Å². The Kier molecular flexibility index (Phi) is 15.5. The third-order valence-electron chi connectivity index (χ3n) is 9.33. The van der Waals surface area contributed by atoms with Gasteiger partial charge in [-0.25, -0.2) is 8.42 Å². The smallest absolute Gasteiger partial charge is 0.242 e. The summed E-state index contributed by atoms with van der Waals surface area (Å²) in [6, 6.07) is 7.55. The Hall–Kier alpha value is -2.99. The molecule has 0 radical (unpaired) electrons. The number of guanidine groups is 1. The van der Waals surface area contributed by atoms with Gasteiger partial charge in [-0.05, 0) is 50.0 Å². The fraction of sp³-hybridized carbons (Fsp3) is 0.706. The van der Waals surface area contributed by atoms with E-state index in [-0.39, 0.29) is 30.8 Å². The number of nitrogens with one attached hydrogen (secondary N) is 2. The van der Waals surface area contributed by atoms with Crippen molar-refractivity contribution in [3.63, 3.8) is 0 Å². The van der Waals surface area contributed by atoms with Crippen LogP contribution in [0.2, 0.25) is 0 Å². The summed E-state index contributed by atoms with van der Waals surface area (Å²) in [7, 11) is -3.81. The molecule has 0 aliphatic carbocycles. The molecule has 0 spiro atoms. The average molecular weight is 661 g/mol. The number of likely N-dealkylation sites (tertiary alicyclic amines) is 2. The van der Waals surface area contributed by atoms with Crippen molar-refractivity contribution in [2.45, 2.75) is 115 Å². The molecule has 11 nitrogen and oxygen atoms in total. The third kappa shape index (κ3) is 12.0. The van der Waals surface area contributed by atoms with E-state index in [1.54, 1.807) is 0 Å². The zero-order chi connectivity index (χ0) is 33.5. The first kappa shape index (κ1) is 37.5. The molecule has 12 heteroatoms. The monoisotopic (exact) mass is 660 g/mol. The summed E-state index contributed by atoms with van der Waals surface area (Å²) < 4.78 is 27.8. The number of sulfonamides is 1. The van der Waals surface area contributed by atoms with Crippen LogP contribution < -0.4 is 11.1 Å². The van der Waals surface area contributed by atoms with Gasteiger partial charge in [-0.3, -0.25) is 25.1 Å². The summed E-state index contributed by atoms with van der Waals surface area (Å²) in [6.07, 6.45) is 14.6. The number of amides is 3. The van der Waals surface area contributed by atoms with Gasteiger partial charge in [-0.1, -0.05) is 88.6 Å². The van der Waals surface area contributed by atoms with Crippen LogP contribution in [0.5, 0.6) is 0 Å². The van der Waals surface area contributed by atoms with Crippen LogP contribution >= 0.6 is 0 Å². The van der Waals surface area contributed by atoms with Gasteiger partial charge in [0, 0.05) is 32.6 Å². The van der Waals surface area contributed by atoms with Crippen molar-refractivity contribution in [1.29, 1.82) is 5.41 Å². The Bertz CT molecular complexity index is 1240. The number of hydrogen-bond donors (Lipinski definition) is 3. The number of benzene rings is 1. The van der Waals surface area contributed by atoms with E-state index >= 15 is 0 Å². The molecule has 46 heavy (non-hydrogen) atoms. The van der Waals surface area contributed by atoms with Gasteiger partial charge >= 0.3 is 0 Å². The van der Waals surface area contributed by atoms with Crippen molar-refractivity contribution >= 4 is 33.7 Å². The SMILES string of the molecule is CCCCCCCCCCCC(=O)NC(=N)N1CCC(CN([C@H](Cc2ccccc2)C(=O)N2CCC[C@H]2C(N)=O)S(C)(=O)=O)CC1. The van der Waals surface area contributed by atoms with E-state index in [0.29, 0.717) is 51.7 Å². The highest BCUT2D eigenvalue weighted by Gasteiger charge is 2.41. The molecule has 1 aromatic rings. The molecule has 3 amide bonds. The van der Waals surface area contributed by atoms with Crippen LogP contribution in [0.1, 0.15) is 102 Å². The largest absolute Gasteiger partial charge is 0.368 e. The predicted octanol–water partition coefficient (Wildman–Crippen LogP) is 4.02. The lowest BCUT2D eigenvalue weighted by molar-refractivity contribution is -0.140. The number of unbranched alkanes of at least 4 members (excludes halogenated alkanes) is 8. The van der Waals surface area contributed by atoms with Gasteiger partial charge in [-0.15, -0.1) is 0 Å². The lowest BCUT2D eigenvalue weighted by atomic mass is 9.95. The molecule has 2 fully saturated rings. The maximum Gasteiger partial charge on any atom is 0.242 e. The van der Waals surface area contributed by atoms with E-state index in [4.69, 9.17) is 11.1 Å². The van der Waals surface area contributed by atoms with E-state index in [2.05, 4.69) is 12.2 Å². The Balaban J connectivity index is 1.54. The zero-order valence-corrected chi connectivity index (χ0v) is 28.7. The summed E-state index contributed by atoms with van der Waals surface area (Å²) in [4.78, 5) is 41.8. The van der Waals surface area contributed by atoms with Crippen LogP contribution in [-0.4, -0.2) is 90.7 Å². The molecule has 258 valence electrons. The highest BCUT2D eigenvalue weighted by molar-refractivity contribution is 7.88. The van der Waals surface area contributed by atoms with Crippen molar-refractivity contribution in [1.82, 2.24) is 19.4 Å². The Morgan fingerprint density at radius 1 is 0.957 bits per heavy atom. The predicted molar refractivity (Wildman–Crippen MR) is 181 cm³/mol. The molecular weight excluding hydrogens is 604 g/mol. The van der Waals surface area contributed by atoms with Crippen molar-refractivity contribution in [2.75, 3.05) is 32.4 Å². The lowest BCUT2D eigenvalue weighted by Gasteiger charge is -2.38. The summed E-state index contributed by atoms with van der Waals surface area (Å²) in [5.41, 5.74) is 6.43. The summed E-state index contributed by atoms with van der Waals surface area (Å²) in [5.74, 6) is -1.07. The lowest BCUT2D eigenvalue weighted by Crippen LogP contribution is -2.56. The third-order valence-corrected chi connectivity index (χ3v) is 10.6. The standard InChI is InChI=1S/C34H56N6O5S/c1-3-4-5-6-7-8-9-10-14-19-31(41)37-34(36)38-23-20-28(21-24-38)26-40(46(2,44)45)30(25-27-16-12-11-13-17-27)33(43)39-22-15-18-29(39)32(35)42/h11-13,16-17,28-30H,3-10,14-15,18-26H2,1-2H3,(H2,35,42)(H2,36,37,41)/t29-,30+/m0/s1. The maximum absolute atomic E-state index is 13.9. The molecular formula is C34H56N6O5S. The minimum atomic E-state index is -3.81. The summed E-state index contributed by atoms with van der Waals surface area (Å²) in [5, 5.41) is 11.2. The number of rotatable bonds is 18. The summed E-state index contributed by atoms with van der Waals surface area (Å²) in [6.45, 7) is 3.75. The molecule has 0 unspecified atom stereocenters. The highest BCUT2D eigenvalue weighted by Crippen LogP contribution is 2.26. The van der Waals surface area contributed by atoms with Crippen LogP contribution in [0.15, 0.2) is 30.3 Å². The van der Waals surface area contributed by atoms with E-state index in [1.807, 2.05) is 35.2 Å². The van der Waals surface area contributed by atoms with Crippen molar-refractivity contribution in [3.8, 4) is 0 Å². The van der Waals surface area contributed by atoms with Gasteiger partial charge in [0.15, 0.2) is 5.96 Å². The Morgan fingerprint density at radius 2 is 1.57 bits per heavy atom. The normalized spacial score (nSPS) is 18.1. The molecule has 4 N–H and O–H groups in total. The maximum atomic E-state index is 13.9.